The quantitative estimate of drug-likeness (QED) is 0.706. The first-order valence-corrected chi connectivity index (χ1v) is 10.7. The predicted octanol–water partition coefficient (Wildman–Crippen LogP) is 2.47. The van der Waals surface area contributed by atoms with Crippen LogP contribution in [-0.4, -0.2) is 34.6 Å². The Morgan fingerprint density at radius 3 is 2.50 bits per heavy atom. The molecular weight excluding hydrogens is 413 g/mol. The topological polar surface area (TPSA) is 95.6 Å². The molecule has 2 heterocycles. The molecule has 1 saturated carbocycles. The second kappa shape index (κ2) is 7.85. The molecule has 5 rings (SSSR count). The summed E-state index contributed by atoms with van der Waals surface area (Å²) < 4.78 is 13.3. The molecule has 0 aromatic heterocycles. The summed E-state index contributed by atoms with van der Waals surface area (Å²) in [6.45, 7) is 0.214. The number of fused-ring (bicyclic) bond motifs is 1. The van der Waals surface area contributed by atoms with Crippen LogP contribution in [0.5, 0.6) is 0 Å². The number of hydrogen-bond donors (Lipinski definition) is 2. The van der Waals surface area contributed by atoms with Crippen LogP contribution in [0.2, 0.25) is 0 Å². The fourth-order valence-electron chi connectivity index (χ4n) is 4.51. The van der Waals surface area contributed by atoms with Crippen molar-refractivity contribution >= 4 is 23.6 Å². The monoisotopic (exact) mass is 435 g/mol. The molecule has 1 saturated heterocycles. The average Bonchev–Trinajstić information content (AvgIpc) is 3.56. The fraction of sp³-hybridized carbons (Fsp3) is 0.333. The summed E-state index contributed by atoms with van der Waals surface area (Å²) in [5, 5.41) is 5.34. The van der Waals surface area contributed by atoms with Gasteiger partial charge in [0, 0.05) is 24.1 Å². The van der Waals surface area contributed by atoms with Gasteiger partial charge in [-0.05, 0) is 66.6 Å². The Morgan fingerprint density at radius 2 is 1.81 bits per heavy atom. The van der Waals surface area contributed by atoms with Gasteiger partial charge in [-0.15, -0.1) is 0 Å². The van der Waals surface area contributed by atoms with Gasteiger partial charge in [-0.25, -0.2) is 4.39 Å². The van der Waals surface area contributed by atoms with Crippen molar-refractivity contribution in [3.8, 4) is 0 Å². The smallest absolute Gasteiger partial charge is 0.255 e. The highest BCUT2D eigenvalue weighted by Crippen LogP contribution is 2.41. The lowest BCUT2D eigenvalue weighted by atomic mass is 10.0. The van der Waals surface area contributed by atoms with E-state index in [1.165, 1.54) is 17.0 Å². The number of piperidine rings is 1. The maximum Gasteiger partial charge on any atom is 0.255 e. The molecule has 2 atom stereocenters. The van der Waals surface area contributed by atoms with Crippen LogP contribution < -0.4 is 10.6 Å². The molecule has 0 bridgehead atoms. The van der Waals surface area contributed by atoms with Gasteiger partial charge in [0.15, 0.2) is 0 Å². The number of halogens is 1. The molecule has 4 amide bonds. The zero-order valence-electron chi connectivity index (χ0n) is 17.3. The molecule has 8 heteroatoms. The second-order valence-electron chi connectivity index (χ2n) is 8.61. The Balaban J connectivity index is 1.33. The lowest BCUT2D eigenvalue weighted by Gasteiger charge is -2.29. The third-order valence-corrected chi connectivity index (χ3v) is 6.39. The van der Waals surface area contributed by atoms with Crippen molar-refractivity contribution < 1.29 is 23.6 Å². The Hall–Kier alpha value is -3.55. The van der Waals surface area contributed by atoms with Crippen molar-refractivity contribution in [3.05, 3.63) is 70.5 Å². The number of rotatable bonds is 5. The highest BCUT2D eigenvalue weighted by Gasteiger charge is 2.39. The lowest BCUT2D eigenvalue weighted by molar-refractivity contribution is -0.136. The number of carbonyl (C=O) groups is 4. The SMILES string of the molecule is O=C1CCC(N2Cc3cc(C(=O)N[C@H](c4ccc(F)cc4)C4CC4)ccc3C2=O)C(=O)N1. The highest BCUT2D eigenvalue weighted by atomic mass is 19.1. The van der Waals surface area contributed by atoms with Crippen LogP contribution in [0, 0.1) is 11.7 Å². The van der Waals surface area contributed by atoms with E-state index in [4.69, 9.17) is 0 Å². The van der Waals surface area contributed by atoms with E-state index in [2.05, 4.69) is 10.6 Å². The number of nitrogens with zero attached hydrogens (tertiary/aromatic N) is 1. The molecule has 0 spiro atoms. The van der Waals surface area contributed by atoms with Gasteiger partial charge in [0.05, 0.1) is 6.04 Å². The normalized spacial score (nSPS) is 21.2. The first-order chi connectivity index (χ1) is 15.4. The van der Waals surface area contributed by atoms with Gasteiger partial charge in [0.2, 0.25) is 11.8 Å². The van der Waals surface area contributed by atoms with Crippen molar-refractivity contribution in [1.82, 2.24) is 15.5 Å². The molecule has 1 aliphatic carbocycles. The van der Waals surface area contributed by atoms with Crippen LogP contribution in [0.15, 0.2) is 42.5 Å². The largest absolute Gasteiger partial charge is 0.345 e. The van der Waals surface area contributed by atoms with E-state index in [-0.39, 0.29) is 42.5 Å². The number of hydrogen-bond acceptors (Lipinski definition) is 4. The molecule has 32 heavy (non-hydrogen) atoms. The summed E-state index contributed by atoms with van der Waals surface area (Å²) >= 11 is 0. The van der Waals surface area contributed by atoms with Crippen LogP contribution in [0.3, 0.4) is 0 Å². The molecule has 2 aromatic rings. The first kappa shape index (κ1) is 20.4. The summed E-state index contributed by atoms with van der Waals surface area (Å²) in [4.78, 5) is 50.9. The van der Waals surface area contributed by atoms with Gasteiger partial charge in [-0.1, -0.05) is 12.1 Å². The number of nitrogens with one attached hydrogen (secondary N) is 2. The summed E-state index contributed by atoms with van der Waals surface area (Å²) in [6.07, 6.45) is 2.48. The van der Waals surface area contributed by atoms with E-state index in [9.17, 15) is 23.6 Å². The van der Waals surface area contributed by atoms with Crippen molar-refractivity contribution in [3.63, 3.8) is 0 Å². The molecule has 2 fully saturated rings. The molecule has 1 unspecified atom stereocenters. The van der Waals surface area contributed by atoms with Gasteiger partial charge in [-0.2, -0.15) is 0 Å². The van der Waals surface area contributed by atoms with E-state index in [0.29, 0.717) is 29.0 Å². The minimum Gasteiger partial charge on any atom is -0.345 e. The lowest BCUT2D eigenvalue weighted by Crippen LogP contribution is -2.52. The third-order valence-electron chi connectivity index (χ3n) is 6.39. The van der Waals surface area contributed by atoms with E-state index in [1.807, 2.05) is 0 Å². The third kappa shape index (κ3) is 3.77. The Kier molecular flexibility index (Phi) is 5.00. The van der Waals surface area contributed by atoms with E-state index in [0.717, 1.165) is 18.4 Å². The maximum absolute atomic E-state index is 13.3. The molecule has 2 aromatic carbocycles. The van der Waals surface area contributed by atoms with Gasteiger partial charge in [-0.3, -0.25) is 24.5 Å². The van der Waals surface area contributed by atoms with Crippen molar-refractivity contribution in [2.24, 2.45) is 5.92 Å². The molecular formula is C24H22FN3O4. The van der Waals surface area contributed by atoms with E-state index in [1.54, 1.807) is 30.3 Å². The van der Waals surface area contributed by atoms with Gasteiger partial charge >= 0.3 is 0 Å². The van der Waals surface area contributed by atoms with Crippen LogP contribution in [0.4, 0.5) is 4.39 Å². The number of carbonyl (C=O) groups excluding carboxylic acids is 4. The summed E-state index contributed by atoms with van der Waals surface area (Å²) in [7, 11) is 0. The van der Waals surface area contributed by atoms with Crippen LogP contribution in [0.25, 0.3) is 0 Å². The highest BCUT2D eigenvalue weighted by molar-refractivity contribution is 6.06. The standard InChI is InChI=1S/C24H22FN3O4/c25-17-6-3-14(4-7-17)21(13-1-2-13)27-22(30)15-5-8-18-16(11-15)12-28(24(18)32)19-9-10-20(29)26-23(19)31/h3-8,11,13,19,21H,1-2,9-10,12H2,(H,27,30)(H,26,29,31)/t19?,21-/m0/s1. The minimum atomic E-state index is -0.692. The second-order valence-corrected chi connectivity index (χ2v) is 8.61. The Morgan fingerprint density at radius 1 is 1.06 bits per heavy atom. The zero-order valence-corrected chi connectivity index (χ0v) is 17.3. The summed E-state index contributed by atoms with van der Waals surface area (Å²) in [6, 6.07) is 10.2. The Labute approximate surface area is 184 Å². The van der Waals surface area contributed by atoms with Crippen molar-refractivity contribution in [2.75, 3.05) is 0 Å². The van der Waals surface area contributed by atoms with Crippen molar-refractivity contribution in [2.45, 2.75) is 44.3 Å². The summed E-state index contributed by atoms with van der Waals surface area (Å²) in [5.41, 5.74) is 2.43. The van der Waals surface area contributed by atoms with Gasteiger partial charge in [0.1, 0.15) is 11.9 Å². The number of amides is 4. The van der Waals surface area contributed by atoms with Gasteiger partial charge < -0.3 is 10.2 Å². The molecule has 7 nitrogen and oxygen atoms in total. The minimum absolute atomic E-state index is 0.191. The maximum atomic E-state index is 13.3. The molecule has 0 radical (unpaired) electrons. The fourth-order valence-corrected chi connectivity index (χ4v) is 4.51. The van der Waals surface area contributed by atoms with Crippen LogP contribution in [0.1, 0.15) is 63.6 Å². The average molecular weight is 435 g/mol. The van der Waals surface area contributed by atoms with Gasteiger partial charge in [0.25, 0.3) is 11.8 Å². The van der Waals surface area contributed by atoms with Crippen LogP contribution in [-0.2, 0) is 16.1 Å². The summed E-state index contributed by atoms with van der Waals surface area (Å²) in [5.74, 6) is -1.33. The molecule has 2 aliphatic heterocycles. The van der Waals surface area contributed by atoms with E-state index >= 15 is 0 Å². The van der Waals surface area contributed by atoms with Crippen LogP contribution >= 0.6 is 0 Å². The molecule has 2 N–H and O–H groups in total. The predicted molar refractivity (Wildman–Crippen MR) is 112 cm³/mol. The number of benzene rings is 2. The number of imide groups is 1. The zero-order chi connectivity index (χ0) is 22.4. The molecule has 3 aliphatic rings. The first-order valence-electron chi connectivity index (χ1n) is 10.7. The Bertz CT molecular complexity index is 1130. The molecule has 164 valence electrons. The van der Waals surface area contributed by atoms with Crippen molar-refractivity contribution in [1.29, 1.82) is 0 Å². The van der Waals surface area contributed by atoms with E-state index < -0.39 is 11.9 Å².